The number of nitrogens with one attached hydrogen (secondary N) is 1. The molecule has 0 aromatic carbocycles. The van der Waals surface area contributed by atoms with Gasteiger partial charge < -0.3 is 10.1 Å². The van der Waals surface area contributed by atoms with E-state index in [0.29, 0.717) is 6.04 Å². The Kier molecular flexibility index (Phi) is 6.11. The average Bonchev–Trinajstić information content (AvgIpc) is 2.74. The van der Waals surface area contributed by atoms with Crippen molar-refractivity contribution in [1.82, 2.24) is 15.1 Å². The minimum absolute atomic E-state index is 0.444. The van der Waals surface area contributed by atoms with E-state index in [4.69, 9.17) is 4.74 Å². The fraction of sp³-hybridized carbons (Fsp3) is 0.750. The molecule has 92 valence electrons. The van der Waals surface area contributed by atoms with Gasteiger partial charge in [0.15, 0.2) is 0 Å². The molecular formula is C12H23N3O. The molecule has 0 fully saturated rings. The van der Waals surface area contributed by atoms with Gasteiger partial charge in [-0.25, -0.2) is 0 Å². The summed E-state index contributed by atoms with van der Waals surface area (Å²) in [5.74, 6) is 0. The van der Waals surface area contributed by atoms with Gasteiger partial charge in [0.2, 0.25) is 0 Å². The van der Waals surface area contributed by atoms with Gasteiger partial charge in [0.25, 0.3) is 0 Å². The fourth-order valence-electron chi connectivity index (χ4n) is 1.78. The second-order valence-corrected chi connectivity index (χ2v) is 3.95. The van der Waals surface area contributed by atoms with Crippen LogP contribution in [0.25, 0.3) is 0 Å². The van der Waals surface area contributed by atoms with Crippen LogP contribution in [0.3, 0.4) is 0 Å². The number of aromatic nitrogens is 2. The minimum Gasteiger partial charge on any atom is -0.383 e. The summed E-state index contributed by atoms with van der Waals surface area (Å²) in [7, 11) is 1.75. The Labute approximate surface area is 98.0 Å². The lowest BCUT2D eigenvalue weighted by Crippen LogP contribution is -2.33. The Balaban J connectivity index is 2.35. The molecule has 0 aliphatic heterocycles. The number of rotatable bonds is 8. The first-order valence-electron chi connectivity index (χ1n) is 6.03. The van der Waals surface area contributed by atoms with Crippen molar-refractivity contribution < 1.29 is 4.74 Å². The summed E-state index contributed by atoms with van der Waals surface area (Å²) in [6, 6.07) is 0.444. The SMILES string of the molecule is CCNC(CCc1cnn(CC)c1)COC. The molecule has 1 atom stereocenters. The molecule has 1 N–H and O–H groups in total. The third kappa shape index (κ3) is 4.33. The standard InChI is InChI=1S/C12H23N3O/c1-4-13-12(10-16-3)7-6-11-8-14-15(5-2)9-11/h8-9,12-13H,4-7,10H2,1-3H3. The van der Waals surface area contributed by atoms with Gasteiger partial charge in [-0.2, -0.15) is 5.10 Å². The topological polar surface area (TPSA) is 39.1 Å². The summed E-state index contributed by atoms with van der Waals surface area (Å²) >= 11 is 0. The van der Waals surface area contributed by atoms with Crippen LogP contribution >= 0.6 is 0 Å². The van der Waals surface area contributed by atoms with Crippen LogP contribution in [0.2, 0.25) is 0 Å². The Hall–Kier alpha value is -0.870. The highest BCUT2D eigenvalue weighted by molar-refractivity contribution is 5.04. The maximum absolute atomic E-state index is 5.19. The van der Waals surface area contributed by atoms with Crippen molar-refractivity contribution in [1.29, 1.82) is 0 Å². The molecule has 1 unspecified atom stereocenters. The molecule has 0 radical (unpaired) electrons. The van der Waals surface area contributed by atoms with Gasteiger partial charge in [0.1, 0.15) is 0 Å². The normalized spacial score (nSPS) is 12.9. The van der Waals surface area contributed by atoms with E-state index >= 15 is 0 Å². The highest BCUT2D eigenvalue weighted by Crippen LogP contribution is 2.05. The number of ether oxygens (including phenoxy) is 1. The first-order valence-corrected chi connectivity index (χ1v) is 6.03. The molecule has 0 saturated heterocycles. The number of likely N-dealkylation sites (N-methyl/N-ethyl adjacent to an activating group) is 1. The lowest BCUT2D eigenvalue weighted by Gasteiger charge is -2.16. The first-order chi connectivity index (χ1) is 7.80. The van der Waals surface area contributed by atoms with E-state index < -0.39 is 0 Å². The predicted octanol–water partition coefficient (Wildman–Crippen LogP) is 1.46. The third-order valence-corrected chi connectivity index (χ3v) is 2.65. The quantitative estimate of drug-likeness (QED) is 0.728. The summed E-state index contributed by atoms with van der Waals surface area (Å²) < 4.78 is 7.15. The lowest BCUT2D eigenvalue weighted by molar-refractivity contribution is 0.163. The van der Waals surface area contributed by atoms with Crippen LogP contribution in [-0.4, -0.2) is 36.1 Å². The molecule has 1 aromatic heterocycles. The highest BCUT2D eigenvalue weighted by Gasteiger charge is 2.07. The molecule has 0 spiro atoms. The summed E-state index contributed by atoms with van der Waals surface area (Å²) in [6.45, 7) is 6.92. The molecule has 1 heterocycles. The van der Waals surface area contributed by atoms with Gasteiger partial charge in [0, 0.05) is 25.9 Å². The monoisotopic (exact) mass is 225 g/mol. The predicted molar refractivity (Wildman–Crippen MR) is 65.6 cm³/mol. The van der Waals surface area contributed by atoms with Gasteiger partial charge in [0.05, 0.1) is 12.8 Å². The highest BCUT2D eigenvalue weighted by atomic mass is 16.5. The van der Waals surface area contributed by atoms with Crippen molar-refractivity contribution in [2.75, 3.05) is 20.3 Å². The van der Waals surface area contributed by atoms with Gasteiger partial charge in [-0.05, 0) is 31.9 Å². The van der Waals surface area contributed by atoms with Crippen molar-refractivity contribution >= 4 is 0 Å². The average molecular weight is 225 g/mol. The summed E-state index contributed by atoms with van der Waals surface area (Å²) in [5.41, 5.74) is 1.31. The Morgan fingerprint density at radius 1 is 1.50 bits per heavy atom. The molecule has 16 heavy (non-hydrogen) atoms. The van der Waals surface area contributed by atoms with E-state index in [2.05, 4.69) is 30.5 Å². The van der Waals surface area contributed by atoms with Crippen molar-refractivity contribution in [2.24, 2.45) is 0 Å². The van der Waals surface area contributed by atoms with Crippen molar-refractivity contribution in [3.8, 4) is 0 Å². The zero-order valence-electron chi connectivity index (χ0n) is 10.6. The maximum atomic E-state index is 5.19. The van der Waals surface area contributed by atoms with E-state index in [0.717, 1.165) is 32.5 Å². The molecule has 4 nitrogen and oxygen atoms in total. The zero-order valence-corrected chi connectivity index (χ0v) is 10.6. The maximum Gasteiger partial charge on any atom is 0.0615 e. The smallest absolute Gasteiger partial charge is 0.0615 e. The van der Waals surface area contributed by atoms with Gasteiger partial charge in [-0.15, -0.1) is 0 Å². The third-order valence-electron chi connectivity index (χ3n) is 2.65. The van der Waals surface area contributed by atoms with Crippen LogP contribution < -0.4 is 5.32 Å². The minimum atomic E-state index is 0.444. The Bertz CT molecular complexity index is 280. The molecule has 4 heteroatoms. The Morgan fingerprint density at radius 2 is 2.31 bits per heavy atom. The fourth-order valence-corrected chi connectivity index (χ4v) is 1.78. The molecule has 0 bridgehead atoms. The molecule has 1 aromatic rings. The summed E-state index contributed by atoms with van der Waals surface area (Å²) in [5, 5.41) is 7.69. The van der Waals surface area contributed by atoms with Gasteiger partial charge >= 0.3 is 0 Å². The van der Waals surface area contributed by atoms with Crippen LogP contribution in [0.1, 0.15) is 25.8 Å². The van der Waals surface area contributed by atoms with Crippen LogP contribution in [0.4, 0.5) is 0 Å². The van der Waals surface area contributed by atoms with Gasteiger partial charge in [-0.1, -0.05) is 6.92 Å². The second kappa shape index (κ2) is 7.41. The molecule has 0 amide bonds. The summed E-state index contributed by atoms with van der Waals surface area (Å²) in [6.07, 6.45) is 6.23. The van der Waals surface area contributed by atoms with Crippen LogP contribution in [-0.2, 0) is 17.7 Å². The second-order valence-electron chi connectivity index (χ2n) is 3.95. The van der Waals surface area contributed by atoms with E-state index in [1.54, 1.807) is 7.11 Å². The Morgan fingerprint density at radius 3 is 2.88 bits per heavy atom. The number of nitrogens with zero attached hydrogens (tertiary/aromatic N) is 2. The zero-order chi connectivity index (χ0) is 11.8. The molecule has 0 aliphatic carbocycles. The first kappa shape index (κ1) is 13.2. The summed E-state index contributed by atoms with van der Waals surface area (Å²) in [4.78, 5) is 0. The van der Waals surface area contributed by atoms with Crippen molar-refractivity contribution in [3.05, 3.63) is 18.0 Å². The number of methoxy groups -OCH3 is 1. The van der Waals surface area contributed by atoms with Crippen LogP contribution in [0.15, 0.2) is 12.4 Å². The van der Waals surface area contributed by atoms with Crippen molar-refractivity contribution in [2.45, 2.75) is 39.3 Å². The van der Waals surface area contributed by atoms with E-state index in [-0.39, 0.29) is 0 Å². The molecular weight excluding hydrogens is 202 g/mol. The molecule has 0 aliphatic rings. The lowest BCUT2D eigenvalue weighted by atomic mass is 10.1. The number of aryl methyl sites for hydroxylation is 2. The van der Waals surface area contributed by atoms with Crippen LogP contribution in [0.5, 0.6) is 0 Å². The number of hydrogen-bond acceptors (Lipinski definition) is 3. The molecule has 0 saturated carbocycles. The van der Waals surface area contributed by atoms with Gasteiger partial charge in [-0.3, -0.25) is 4.68 Å². The largest absolute Gasteiger partial charge is 0.383 e. The van der Waals surface area contributed by atoms with Crippen molar-refractivity contribution in [3.63, 3.8) is 0 Å². The van der Waals surface area contributed by atoms with E-state index in [1.165, 1.54) is 5.56 Å². The van der Waals surface area contributed by atoms with E-state index in [1.807, 2.05) is 10.9 Å². The number of hydrogen-bond donors (Lipinski definition) is 1. The van der Waals surface area contributed by atoms with E-state index in [9.17, 15) is 0 Å². The van der Waals surface area contributed by atoms with Crippen LogP contribution in [0, 0.1) is 0 Å². The molecule has 1 rings (SSSR count).